The van der Waals surface area contributed by atoms with Gasteiger partial charge in [-0.25, -0.2) is 0 Å². The monoisotopic (exact) mass is 295 g/mol. The maximum atomic E-state index is 12.1. The molecule has 0 unspecified atom stereocenters. The van der Waals surface area contributed by atoms with Crippen LogP contribution < -0.4 is 5.32 Å². The molecule has 2 aromatic carbocycles. The molecule has 2 rings (SSSR count). The second kappa shape index (κ2) is 7.26. The molecule has 1 atom stereocenters. The summed E-state index contributed by atoms with van der Waals surface area (Å²) in [6.07, 6.45) is 1.31. The van der Waals surface area contributed by atoms with Crippen molar-refractivity contribution in [3.05, 3.63) is 70.3 Å². The maximum Gasteiger partial charge on any atom is 0.220 e. The van der Waals surface area contributed by atoms with Crippen LogP contribution in [-0.2, 0) is 11.2 Å². The first kappa shape index (κ1) is 16.3. The van der Waals surface area contributed by atoms with Crippen molar-refractivity contribution in [3.8, 4) is 0 Å². The first-order valence-corrected chi connectivity index (χ1v) is 7.88. The van der Waals surface area contributed by atoms with Crippen LogP contribution in [0.4, 0.5) is 0 Å². The zero-order chi connectivity index (χ0) is 16.1. The van der Waals surface area contributed by atoms with Gasteiger partial charge in [-0.05, 0) is 56.4 Å². The van der Waals surface area contributed by atoms with Crippen molar-refractivity contribution in [2.24, 2.45) is 0 Å². The van der Waals surface area contributed by atoms with E-state index in [1.54, 1.807) is 0 Å². The molecule has 0 aromatic heterocycles. The van der Waals surface area contributed by atoms with Crippen molar-refractivity contribution >= 4 is 5.91 Å². The average molecular weight is 295 g/mol. The predicted octanol–water partition coefficient (Wildman–Crippen LogP) is 4.42. The minimum Gasteiger partial charge on any atom is -0.350 e. The van der Waals surface area contributed by atoms with E-state index in [1.165, 1.54) is 22.3 Å². The van der Waals surface area contributed by atoms with Gasteiger partial charge >= 0.3 is 0 Å². The number of amides is 1. The van der Waals surface area contributed by atoms with Gasteiger partial charge in [0, 0.05) is 6.42 Å². The number of hydrogen-bond donors (Lipinski definition) is 1. The van der Waals surface area contributed by atoms with E-state index in [4.69, 9.17) is 0 Å². The molecule has 2 nitrogen and oxygen atoms in total. The number of aryl methyl sites for hydroxylation is 4. The lowest BCUT2D eigenvalue weighted by Crippen LogP contribution is -2.26. The van der Waals surface area contributed by atoms with E-state index in [0.29, 0.717) is 6.42 Å². The van der Waals surface area contributed by atoms with Crippen LogP contribution in [0.15, 0.2) is 42.5 Å². The Morgan fingerprint density at radius 1 is 1.00 bits per heavy atom. The highest BCUT2D eigenvalue weighted by Crippen LogP contribution is 2.14. The summed E-state index contributed by atoms with van der Waals surface area (Å²) in [7, 11) is 0. The van der Waals surface area contributed by atoms with E-state index in [-0.39, 0.29) is 11.9 Å². The standard InChI is InChI=1S/C20H25NO/c1-14-5-10-19(11-6-14)17(4)21-20(22)12-9-18-8-7-15(2)16(3)13-18/h5-8,10-11,13,17H,9,12H2,1-4H3,(H,21,22)/t17-/m1/s1. The van der Waals surface area contributed by atoms with E-state index >= 15 is 0 Å². The van der Waals surface area contributed by atoms with E-state index in [0.717, 1.165) is 12.0 Å². The quantitative estimate of drug-likeness (QED) is 0.869. The van der Waals surface area contributed by atoms with Gasteiger partial charge in [-0.2, -0.15) is 0 Å². The summed E-state index contributed by atoms with van der Waals surface area (Å²) in [6, 6.07) is 14.8. The van der Waals surface area contributed by atoms with E-state index in [2.05, 4.69) is 68.6 Å². The molecule has 0 aliphatic heterocycles. The van der Waals surface area contributed by atoms with Gasteiger partial charge in [0.05, 0.1) is 6.04 Å². The summed E-state index contributed by atoms with van der Waals surface area (Å²) in [6.45, 7) is 8.31. The molecule has 0 fully saturated rings. The number of carbonyl (C=O) groups is 1. The fourth-order valence-corrected chi connectivity index (χ4v) is 2.47. The van der Waals surface area contributed by atoms with Crippen LogP contribution in [0, 0.1) is 20.8 Å². The van der Waals surface area contributed by atoms with Crippen LogP contribution in [0.5, 0.6) is 0 Å². The van der Waals surface area contributed by atoms with Gasteiger partial charge < -0.3 is 5.32 Å². The van der Waals surface area contributed by atoms with Gasteiger partial charge in [-0.1, -0.05) is 48.0 Å². The SMILES string of the molecule is Cc1ccc([C@@H](C)NC(=O)CCc2ccc(C)c(C)c2)cc1. The Hall–Kier alpha value is -2.09. The molecule has 22 heavy (non-hydrogen) atoms. The Bertz CT molecular complexity index is 643. The molecule has 0 heterocycles. The molecular formula is C20H25NO. The number of benzene rings is 2. The lowest BCUT2D eigenvalue weighted by molar-refractivity contribution is -0.121. The topological polar surface area (TPSA) is 29.1 Å². The summed E-state index contributed by atoms with van der Waals surface area (Å²) in [5.41, 5.74) is 6.18. The molecule has 0 aliphatic rings. The Labute approximate surface area is 133 Å². The summed E-state index contributed by atoms with van der Waals surface area (Å²) in [4.78, 5) is 12.1. The molecule has 0 radical (unpaired) electrons. The lowest BCUT2D eigenvalue weighted by Gasteiger charge is -2.15. The first-order chi connectivity index (χ1) is 10.5. The van der Waals surface area contributed by atoms with Gasteiger partial charge in [0.1, 0.15) is 0 Å². The fourth-order valence-electron chi connectivity index (χ4n) is 2.47. The van der Waals surface area contributed by atoms with Crippen LogP contribution in [0.25, 0.3) is 0 Å². The van der Waals surface area contributed by atoms with Crippen LogP contribution in [-0.4, -0.2) is 5.91 Å². The minimum absolute atomic E-state index is 0.0489. The van der Waals surface area contributed by atoms with Crippen LogP contribution in [0.1, 0.15) is 47.2 Å². The molecule has 0 spiro atoms. The highest BCUT2D eigenvalue weighted by Gasteiger charge is 2.09. The molecule has 2 aromatic rings. The summed E-state index contributed by atoms with van der Waals surface area (Å²) < 4.78 is 0. The van der Waals surface area contributed by atoms with Crippen molar-refractivity contribution in [2.75, 3.05) is 0 Å². The molecule has 0 saturated carbocycles. The first-order valence-electron chi connectivity index (χ1n) is 7.88. The van der Waals surface area contributed by atoms with Crippen molar-refractivity contribution in [3.63, 3.8) is 0 Å². The fraction of sp³-hybridized carbons (Fsp3) is 0.350. The summed E-state index contributed by atoms with van der Waals surface area (Å²) >= 11 is 0. The molecule has 1 N–H and O–H groups in total. The smallest absolute Gasteiger partial charge is 0.220 e. The average Bonchev–Trinajstić information content (AvgIpc) is 2.49. The number of rotatable bonds is 5. The van der Waals surface area contributed by atoms with Crippen LogP contribution in [0.3, 0.4) is 0 Å². The molecule has 1 amide bonds. The Balaban J connectivity index is 1.87. The van der Waals surface area contributed by atoms with Gasteiger partial charge in [-0.3, -0.25) is 4.79 Å². The van der Waals surface area contributed by atoms with E-state index in [9.17, 15) is 4.79 Å². The van der Waals surface area contributed by atoms with Crippen LogP contribution >= 0.6 is 0 Å². The van der Waals surface area contributed by atoms with Crippen molar-refractivity contribution < 1.29 is 4.79 Å². The molecule has 2 heteroatoms. The van der Waals surface area contributed by atoms with Gasteiger partial charge in [0.15, 0.2) is 0 Å². The zero-order valence-electron chi connectivity index (χ0n) is 13.9. The van der Waals surface area contributed by atoms with Gasteiger partial charge in [-0.15, -0.1) is 0 Å². The highest BCUT2D eigenvalue weighted by molar-refractivity contribution is 5.76. The van der Waals surface area contributed by atoms with Gasteiger partial charge in [0.25, 0.3) is 0 Å². The third-order valence-electron chi connectivity index (χ3n) is 4.17. The van der Waals surface area contributed by atoms with E-state index in [1.807, 2.05) is 6.92 Å². The van der Waals surface area contributed by atoms with Crippen molar-refractivity contribution in [1.82, 2.24) is 5.32 Å². The highest BCUT2D eigenvalue weighted by atomic mass is 16.1. The number of carbonyl (C=O) groups excluding carboxylic acids is 1. The summed E-state index contributed by atoms with van der Waals surface area (Å²) in [5.74, 6) is 0.103. The third kappa shape index (κ3) is 4.45. The largest absolute Gasteiger partial charge is 0.350 e. The third-order valence-corrected chi connectivity index (χ3v) is 4.17. The summed E-state index contributed by atoms with van der Waals surface area (Å²) in [5, 5.41) is 3.07. The van der Waals surface area contributed by atoms with Crippen LogP contribution in [0.2, 0.25) is 0 Å². The number of hydrogen-bond acceptors (Lipinski definition) is 1. The Morgan fingerprint density at radius 2 is 1.68 bits per heavy atom. The van der Waals surface area contributed by atoms with Crippen molar-refractivity contribution in [1.29, 1.82) is 0 Å². The molecular weight excluding hydrogens is 270 g/mol. The number of nitrogens with one attached hydrogen (secondary N) is 1. The molecule has 116 valence electrons. The van der Waals surface area contributed by atoms with Gasteiger partial charge in [0.2, 0.25) is 5.91 Å². The minimum atomic E-state index is 0.0489. The normalized spacial score (nSPS) is 12.0. The van der Waals surface area contributed by atoms with E-state index < -0.39 is 0 Å². The zero-order valence-corrected chi connectivity index (χ0v) is 13.9. The second-order valence-corrected chi connectivity index (χ2v) is 6.12. The predicted molar refractivity (Wildman–Crippen MR) is 92.0 cm³/mol. The second-order valence-electron chi connectivity index (χ2n) is 6.12. The lowest BCUT2D eigenvalue weighted by atomic mass is 10.0. The maximum absolute atomic E-state index is 12.1. The molecule has 0 bridgehead atoms. The molecule has 0 aliphatic carbocycles. The van der Waals surface area contributed by atoms with Crippen molar-refractivity contribution in [2.45, 2.75) is 46.6 Å². The molecule has 0 saturated heterocycles. The Kier molecular flexibility index (Phi) is 5.37. The Morgan fingerprint density at radius 3 is 2.32 bits per heavy atom.